The summed E-state index contributed by atoms with van der Waals surface area (Å²) in [5.41, 5.74) is 6.23. The van der Waals surface area contributed by atoms with Crippen LogP contribution in [0, 0.1) is 0 Å². The zero-order chi connectivity index (χ0) is 29.7. The van der Waals surface area contributed by atoms with E-state index in [-0.39, 0.29) is 0 Å². The van der Waals surface area contributed by atoms with Crippen LogP contribution in [0.2, 0.25) is 0 Å². The van der Waals surface area contributed by atoms with Gasteiger partial charge in [-0.1, -0.05) is 135 Å². The van der Waals surface area contributed by atoms with Gasteiger partial charge in [-0.25, -0.2) is 0 Å². The van der Waals surface area contributed by atoms with Crippen LogP contribution in [0.3, 0.4) is 0 Å². The molecule has 0 radical (unpaired) electrons. The van der Waals surface area contributed by atoms with Crippen molar-refractivity contribution in [2.24, 2.45) is 0 Å². The van der Waals surface area contributed by atoms with Crippen LogP contribution in [-0.4, -0.2) is 0 Å². The van der Waals surface area contributed by atoms with Crippen molar-refractivity contribution >= 4 is 7.82 Å². The molecule has 0 aliphatic rings. The van der Waals surface area contributed by atoms with E-state index in [2.05, 4.69) is 96.1 Å². The third-order valence-electron chi connectivity index (χ3n) is 7.26. The quantitative estimate of drug-likeness (QED) is 0.141. The molecule has 3 aromatic rings. The molecule has 0 amide bonds. The first-order valence-corrected chi connectivity index (χ1v) is 17.4. The fourth-order valence-corrected chi connectivity index (χ4v) is 6.94. The van der Waals surface area contributed by atoms with E-state index in [0.717, 1.165) is 110 Å². The van der Waals surface area contributed by atoms with Crippen LogP contribution >= 0.6 is 7.82 Å². The highest BCUT2D eigenvalue weighted by Crippen LogP contribution is 2.54. The average Bonchev–Trinajstić information content (AvgIpc) is 2.95. The highest BCUT2D eigenvalue weighted by atomic mass is 31.2. The maximum absolute atomic E-state index is 15.2. The Morgan fingerprint density at radius 1 is 0.415 bits per heavy atom. The lowest BCUT2D eigenvalue weighted by Gasteiger charge is -2.26. The molecule has 0 N–H and O–H groups in total. The Labute approximate surface area is 249 Å². The molecule has 0 atom stereocenters. The Balaban J connectivity index is 2.24. The van der Waals surface area contributed by atoms with Crippen molar-refractivity contribution in [3.05, 3.63) is 88.0 Å². The second-order valence-electron chi connectivity index (χ2n) is 10.9. The van der Waals surface area contributed by atoms with Gasteiger partial charge in [0, 0.05) is 0 Å². The highest BCUT2D eigenvalue weighted by Gasteiger charge is 2.37. The summed E-state index contributed by atoms with van der Waals surface area (Å²) in [7, 11) is -4.19. The minimum atomic E-state index is -4.19. The summed E-state index contributed by atoms with van der Waals surface area (Å²) in [4.78, 5) is 0. The normalized spacial score (nSPS) is 11.5. The van der Waals surface area contributed by atoms with Gasteiger partial charge in [0.1, 0.15) is 17.2 Å². The van der Waals surface area contributed by atoms with Crippen LogP contribution in [0.5, 0.6) is 17.2 Å². The van der Waals surface area contributed by atoms with E-state index >= 15 is 4.57 Å². The van der Waals surface area contributed by atoms with Crippen LogP contribution in [0.4, 0.5) is 0 Å². The van der Waals surface area contributed by atoms with E-state index in [1.807, 2.05) is 0 Å². The maximum Gasteiger partial charge on any atom is 0.647 e. The first kappa shape index (κ1) is 32.8. The van der Waals surface area contributed by atoms with Gasteiger partial charge in [-0.3, -0.25) is 0 Å². The molecule has 5 heteroatoms. The number of hydrogen-bond acceptors (Lipinski definition) is 4. The molecule has 224 valence electrons. The molecule has 41 heavy (non-hydrogen) atoms. The van der Waals surface area contributed by atoms with Crippen molar-refractivity contribution in [2.75, 3.05) is 0 Å². The van der Waals surface area contributed by atoms with E-state index in [0.29, 0.717) is 17.2 Å². The van der Waals surface area contributed by atoms with Crippen LogP contribution in [0.1, 0.15) is 113 Å². The third kappa shape index (κ3) is 8.89. The van der Waals surface area contributed by atoms with Gasteiger partial charge in [0.2, 0.25) is 0 Å². The SMILES string of the molecule is CCCc1cccc(CCC)c1OP(=O)(Oc1c(CCC)cccc1CCC)Oc1c(CCC)cccc1CCC. The van der Waals surface area contributed by atoms with Crippen LogP contribution in [0.15, 0.2) is 54.6 Å². The van der Waals surface area contributed by atoms with E-state index in [9.17, 15) is 0 Å². The summed E-state index contributed by atoms with van der Waals surface area (Å²) >= 11 is 0. The number of benzene rings is 3. The van der Waals surface area contributed by atoms with Crippen molar-refractivity contribution in [1.29, 1.82) is 0 Å². The maximum atomic E-state index is 15.2. The summed E-state index contributed by atoms with van der Waals surface area (Å²) in [6.45, 7) is 12.9. The number of aryl methyl sites for hydroxylation is 6. The molecule has 3 rings (SSSR count). The minimum absolute atomic E-state index is 0.648. The van der Waals surface area contributed by atoms with Crippen molar-refractivity contribution < 1.29 is 18.1 Å². The number of phosphoric acid groups is 1. The van der Waals surface area contributed by atoms with Gasteiger partial charge in [-0.15, -0.1) is 0 Å². The second-order valence-corrected chi connectivity index (χ2v) is 12.4. The first-order chi connectivity index (χ1) is 19.9. The van der Waals surface area contributed by atoms with Gasteiger partial charge in [0.15, 0.2) is 0 Å². The highest BCUT2D eigenvalue weighted by molar-refractivity contribution is 7.49. The van der Waals surface area contributed by atoms with Gasteiger partial charge >= 0.3 is 7.82 Å². The standard InChI is InChI=1S/C36H51O4P/c1-7-16-28-22-13-23-29(17-8-2)34(28)38-41(37,39-35-30(18-9-3)24-14-25-31(35)19-10-4)40-36-32(20-11-5)26-15-27-33(36)21-12-6/h13-15,22-27H,7-12,16-21H2,1-6H3. The third-order valence-corrected chi connectivity index (χ3v) is 8.48. The fourth-order valence-electron chi connectivity index (χ4n) is 5.45. The van der Waals surface area contributed by atoms with E-state index < -0.39 is 7.82 Å². The molecule has 0 unspecified atom stereocenters. The monoisotopic (exact) mass is 578 g/mol. The molecule has 0 bridgehead atoms. The van der Waals surface area contributed by atoms with Gasteiger partial charge in [-0.2, -0.15) is 4.57 Å². The lowest BCUT2D eigenvalue weighted by molar-refractivity contribution is 0.292. The summed E-state index contributed by atoms with van der Waals surface area (Å²) in [5.74, 6) is 1.94. The van der Waals surface area contributed by atoms with E-state index in [1.54, 1.807) is 0 Å². The topological polar surface area (TPSA) is 44.8 Å². The summed E-state index contributed by atoms with van der Waals surface area (Å²) in [6.07, 6.45) is 10.7. The lowest BCUT2D eigenvalue weighted by Crippen LogP contribution is -2.13. The molecule has 0 saturated heterocycles. The molecule has 0 aliphatic heterocycles. The van der Waals surface area contributed by atoms with Crippen molar-refractivity contribution in [2.45, 2.75) is 119 Å². The number of rotatable bonds is 18. The molecule has 0 fully saturated rings. The Hall–Kier alpha value is -2.71. The predicted octanol–water partition coefficient (Wildman–Crippen LogP) is 11.0. The van der Waals surface area contributed by atoms with Crippen molar-refractivity contribution in [3.63, 3.8) is 0 Å². The van der Waals surface area contributed by atoms with Gasteiger partial charge in [0.05, 0.1) is 0 Å². The largest absolute Gasteiger partial charge is 0.647 e. The van der Waals surface area contributed by atoms with Crippen molar-refractivity contribution in [3.8, 4) is 17.2 Å². The molecule has 4 nitrogen and oxygen atoms in total. The summed E-state index contributed by atoms with van der Waals surface area (Å²) in [5, 5.41) is 0. The molecular formula is C36H51O4P. The van der Waals surface area contributed by atoms with Crippen LogP contribution in [0.25, 0.3) is 0 Å². The molecule has 0 aromatic heterocycles. The zero-order valence-corrected chi connectivity index (χ0v) is 27.2. The lowest BCUT2D eigenvalue weighted by atomic mass is 10.0. The average molecular weight is 579 g/mol. The Morgan fingerprint density at radius 3 is 0.780 bits per heavy atom. The summed E-state index contributed by atoms with van der Waals surface area (Å²) < 4.78 is 35.1. The zero-order valence-electron chi connectivity index (χ0n) is 26.3. The number of hydrogen-bond donors (Lipinski definition) is 0. The molecule has 3 aromatic carbocycles. The first-order valence-electron chi connectivity index (χ1n) is 15.9. The van der Waals surface area contributed by atoms with E-state index in [1.165, 1.54) is 0 Å². The van der Waals surface area contributed by atoms with Crippen LogP contribution in [-0.2, 0) is 43.1 Å². The molecule has 0 aliphatic carbocycles. The Bertz CT molecular complexity index is 1050. The fraction of sp³-hybridized carbons (Fsp3) is 0.500. The van der Waals surface area contributed by atoms with Gasteiger partial charge in [0.25, 0.3) is 0 Å². The van der Waals surface area contributed by atoms with E-state index in [4.69, 9.17) is 13.6 Å². The number of para-hydroxylation sites is 3. The molecule has 0 heterocycles. The van der Waals surface area contributed by atoms with Gasteiger partial charge in [-0.05, 0) is 71.9 Å². The smallest absolute Gasteiger partial charge is 0.385 e. The van der Waals surface area contributed by atoms with Crippen molar-refractivity contribution in [1.82, 2.24) is 0 Å². The number of phosphoric ester groups is 1. The molecule has 0 saturated carbocycles. The molecule has 0 spiro atoms. The Morgan fingerprint density at radius 2 is 0.610 bits per heavy atom. The van der Waals surface area contributed by atoms with Gasteiger partial charge < -0.3 is 13.6 Å². The predicted molar refractivity (Wildman–Crippen MR) is 173 cm³/mol. The second kappa shape index (κ2) is 16.7. The molecular weight excluding hydrogens is 527 g/mol. The van der Waals surface area contributed by atoms with Crippen LogP contribution < -0.4 is 13.6 Å². The Kier molecular flexibility index (Phi) is 13.3. The minimum Gasteiger partial charge on any atom is -0.385 e. The summed E-state index contributed by atoms with van der Waals surface area (Å²) in [6, 6.07) is 18.6.